The van der Waals surface area contributed by atoms with E-state index in [-0.39, 0.29) is 30.2 Å². The lowest BCUT2D eigenvalue weighted by atomic mass is 9.85. The molecule has 0 spiro atoms. The number of imide groups is 1. The summed E-state index contributed by atoms with van der Waals surface area (Å²) >= 11 is 0. The zero-order valence-electron chi connectivity index (χ0n) is 19.7. The van der Waals surface area contributed by atoms with E-state index in [9.17, 15) is 14.4 Å². The van der Waals surface area contributed by atoms with Gasteiger partial charge in [0.15, 0.2) is 0 Å². The zero-order valence-corrected chi connectivity index (χ0v) is 19.7. The predicted molar refractivity (Wildman–Crippen MR) is 128 cm³/mol. The minimum absolute atomic E-state index is 0.125. The van der Waals surface area contributed by atoms with Crippen molar-refractivity contribution in [3.05, 3.63) is 59.4 Å². The third-order valence-corrected chi connectivity index (χ3v) is 7.98. The second kappa shape index (κ2) is 9.07. The molecule has 1 N–H and O–H groups in total. The Morgan fingerprint density at radius 1 is 1.03 bits per heavy atom. The molecule has 8 nitrogen and oxygen atoms in total. The Balaban J connectivity index is 1.12. The summed E-state index contributed by atoms with van der Waals surface area (Å²) in [5.41, 5.74) is 2.80. The van der Waals surface area contributed by atoms with Gasteiger partial charge in [-0.1, -0.05) is 12.5 Å². The molecule has 3 atom stereocenters. The number of aromatic nitrogens is 1. The second-order valence-electron chi connectivity index (χ2n) is 10.2. The molecule has 35 heavy (non-hydrogen) atoms. The molecule has 1 saturated carbocycles. The molecule has 182 valence electrons. The number of fused-ring (bicyclic) bond motifs is 1. The number of amides is 3. The second-order valence-corrected chi connectivity index (χ2v) is 10.2. The van der Waals surface area contributed by atoms with Crippen molar-refractivity contribution in [1.82, 2.24) is 20.1 Å². The van der Waals surface area contributed by atoms with Gasteiger partial charge in [-0.05, 0) is 61.1 Å². The molecule has 1 aromatic carbocycles. The average molecular weight is 475 g/mol. The van der Waals surface area contributed by atoms with Crippen LogP contribution in [0.15, 0.2) is 42.7 Å². The minimum atomic E-state index is -0.598. The molecule has 1 aromatic heterocycles. The van der Waals surface area contributed by atoms with Crippen molar-refractivity contribution in [2.24, 2.45) is 0 Å². The Kier molecular flexibility index (Phi) is 5.76. The van der Waals surface area contributed by atoms with Crippen molar-refractivity contribution in [3.63, 3.8) is 0 Å². The highest BCUT2D eigenvalue weighted by Crippen LogP contribution is 2.36. The molecule has 3 aliphatic heterocycles. The van der Waals surface area contributed by atoms with Gasteiger partial charge in [0.05, 0.1) is 0 Å². The molecule has 2 aromatic rings. The lowest BCUT2D eigenvalue weighted by Crippen LogP contribution is -2.57. The summed E-state index contributed by atoms with van der Waals surface area (Å²) in [6, 6.07) is 9.62. The van der Waals surface area contributed by atoms with Gasteiger partial charge in [0, 0.05) is 56.0 Å². The first kappa shape index (κ1) is 22.2. The van der Waals surface area contributed by atoms with Gasteiger partial charge in [0.2, 0.25) is 11.8 Å². The monoisotopic (exact) mass is 474 g/mol. The van der Waals surface area contributed by atoms with E-state index in [0.29, 0.717) is 30.5 Å². The molecular weight excluding hydrogens is 444 g/mol. The summed E-state index contributed by atoms with van der Waals surface area (Å²) in [6.07, 6.45) is 9.08. The molecule has 1 aliphatic carbocycles. The Morgan fingerprint density at radius 3 is 2.69 bits per heavy atom. The summed E-state index contributed by atoms with van der Waals surface area (Å²) in [5, 5.41) is 2.35. The maximum atomic E-state index is 13.0. The van der Waals surface area contributed by atoms with Crippen LogP contribution in [-0.2, 0) is 16.1 Å². The van der Waals surface area contributed by atoms with Crippen LogP contribution < -0.4 is 10.1 Å². The van der Waals surface area contributed by atoms with E-state index in [1.54, 1.807) is 4.90 Å². The van der Waals surface area contributed by atoms with E-state index in [4.69, 9.17) is 4.74 Å². The van der Waals surface area contributed by atoms with E-state index in [2.05, 4.69) is 21.3 Å². The summed E-state index contributed by atoms with van der Waals surface area (Å²) in [4.78, 5) is 45.2. The third kappa shape index (κ3) is 4.20. The maximum absolute atomic E-state index is 13.0. The summed E-state index contributed by atoms with van der Waals surface area (Å²) in [5.74, 6) is 0.502. The third-order valence-electron chi connectivity index (χ3n) is 7.98. The normalized spacial score (nSPS) is 27.4. The van der Waals surface area contributed by atoms with Gasteiger partial charge in [-0.2, -0.15) is 0 Å². The molecule has 3 fully saturated rings. The summed E-state index contributed by atoms with van der Waals surface area (Å²) < 4.78 is 6.53. The van der Waals surface area contributed by atoms with Crippen LogP contribution in [0.4, 0.5) is 0 Å². The van der Waals surface area contributed by atoms with E-state index < -0.39 is 6.04 Å². The van der Waals surface area contributed by atoms with Crippen LogP contribution in [0.2, 0.25) is 0 Å². The van der Waals surface area contributed by atoms with Gasteiger partial charge in [-0.3, -0.25) is 29.6 Å². The first-order chi connectivity index (χ1) is 17.1. The zero-order chi connectivity index (χ0) is 23.9. The number of benzene rings is 1. The number of likely N-dealkylation sites (tertiary alicyclic amines) is 1. The number of ether oxygens (including phenoxy) is 1. The number of nitrogens with zero attached hydrogens (tertiary/aromatic N) is 3. The van der Waals surface area contributed by atoms with Gasteiger partial charge >= 0.3 is 0 Å². The minimum Gasteiger partial charge on any atom is -0.489 e. The van der Waals surface area contributed by atoms with Gasteiger partial charge in [-0.25, -0.2) is 0 Å². The van der Waals surface area contributed by atoms with Crippen molar-refractivity contribution < 1.29 is 19.1 Å². The smallest absolute Gasteiger partial charge is 0.255 e. The molecular formula is C27H30N4O4. The lowest BCUT2D eigenvalue weighted by Gasteiger charge is -2.48. The van der Waals surface area contributed by atoms with E-state index in [0.717, 1.165) is 43.7 Å². The Hall–Kier alpha value is -3.26. The van der Waals surface area contributed by atoms with Crippen LogP contribution in [0.5, 0.6) is 5.75 Å². The van der Waals surface area contributed by atoms with Crippen molar-refractivity contribution in [1.29, 1.82) is 0 Å². The van der Waals surface area contributed by atoms with Crippen LogP contribution in [0.3, 0.4) is 0 Å². The molecule has 0 radical (unpaired) electrons. The average Bonchev–Trinajstić information content (AvgIpc) is 3.15. The first-order valence-corrected chi connectivity index (χ1v) is 12.6. The molecule has 4 aliphatic rings. The Bertz CT molecular complexity index is 1150. The van der Waals surface area contributed by atoms with Crippen molar-refractivity contribution in [3.8, 4) is 5.75 Å². The van der Waals surface area contributed by atoms with Crippen LogP contribution in [0.25, 0.3) is 0 Å². The van der Waals surface area contributed by atoms with Crippen LogP contribution in [0.1, 0.15) is 65.9 Å². The number of pyridine rings is 1. The summed E-state index contributed by atoms with van der Waals surface area (Å²) in [6.45, 7) is 2.44. The number of piperidine rings is 1. The summed E-state index contributed by atoms with van der Waals surface area (Å²) in [7, 11) is 0. The highest BCUT2D eigenvalue weighted by atomic mass is 16.5. The predicted octanol–water partition coefficient (Wildman–Crippen LogP) is 2.63. The van der Waals surface area contributed by atoms with E-state index in [1.807, 2.05) is 36.7 Å². The molecule has 6 rings (SSSR count). The fourth-order valence-electron chi connectivity index (χ4n) is 6.04. The fraction of sp³-hybridized carbons (Fsp3) is 0.481. The molecule has 1 unspecified atom stereocenters. The number of hydrogen-bond acceptors (Lipinski definition) is 6. The van der Waals surface area contributed by atoms with Crippen molar-refractivity contribution in [2.75, 3.05) is 13.1 Å². The molecule has 2 saturated heterocycles. The highest BCUT2D eigenvalue weighted by Gasteiger charge is 2.41. The Labute approximate surface area is 204 Å². The molecule has 4 heterocycles. The van der Waals surface area contributed by atoms with Crippen molar-refractivity contribution >= 4 is 17.7 Å². The van der Waals surface area contributed by atoms with Crippen molar-refractivity contribution in [2.45, 2.75) is 69.2 Å². The number of hydrogen-bond donors (Lipinski definition) is 1. The Morgan fingerprint density at radius 2 is 1.89 bits per heavy atom. The van der Waals surface area contributed by atoms with E-state index in [1.165, 1.54) is 12.0 Å². The lowest BCUT2D eigenvalue weighted by molar-refractivity contribution is -0.136. The van der Waals surface area contributed by atoms with Gasteiger partial charge < -0.3 is 9.64 Å². The van der Waals surface area contributed by atoms with Gasteiger partial charge in [0.25, 0.3) is 5.91 Å². The number of carbonyl (C=O) groups excluding carboxylic acids is 3. The number of nitrogens with one attached hydrogen (secondary N) is 1. The molecule has 0 bridgehead atoms. The SMILES string of the molecule is O=C1CCC(N2Cc3cc(O[C@H]4CCCC[C@@H]4N4CC(c5cccnc5)C4)ccc3C2=O)C(=O)N1. The van der Waals surface area contributed by atoms with Gasteiger partial charge in [-0.15, -0.1) is 0 Å². The standard InChI is InChI=1S/C27H30N4O4/c32-25-10-9-23(26(33)29-25)31-16-18-12-20(7-8-21(18)27(31)34)35-24-6-2-1-5-22(24)30-14-19(15-30)17-4-3-11-28-13-17/h3-4,7-8,11-13,19,22-24H,1-2,5-6,9-10,14-16H2,(H,29,32,33)/t22-,23?,24-/m0/s1. The van der Waals surface area contributed by atoms with Crippen LogP contribution >= 0.6 is 0 Å². The highest BCUT2D eigenvalue weighted by molar-refractivity contribution is 6.05. The number of rotatable bonds is 5. The maximum Gasteiger partial charge on any atom is 0.255 e. The largest absolute Gasteiger partial charge is 0.489 e. The quantitative estimate of drug-likeness (QED) is 0.670. The number of carbonyl (C=O) groups is 3. The molecule has 8 heteroatoms. The van der Waals surface area contributed by atoms with Crippen LogP contribution in [0, 0.1) is 0 Å². The topological polar surface area (TPSA) is 91.8 Å². The first-order valence-electron chi connectivity index (χ1n) is 12.6. The van der Waals surface area contributed by atoms with Crippen LogP contribution in [-0.4, -0.2) is 63.8 Å². The van der Waals surface area contributed by atoms with E-state index >= 15 is 0 Å². The van der Waals surface area contributed by atoms with Gasteiger partial charge in [0.1, 0.15) is 17.9 Å². The fourth-order valence-corrected chi connectivity index (χ4v) is 6.04. The molecule has 3 amide bonds.